The zero-order valence-electron chi connectivity index (χ0n) is 15.1. The topological polar surface area (TPSA) is 73.2 Å². The molecule has 1 unspecified atom stereocenters. The quantitative estimate of drug-likeness (QED) is 0.772. The van der Waals surface area contributed by atoms with Crippen LogP contribution >= 0.6 is 0 Å². The van der Waals surface area contributed by atoms with Gasteiger partial charge in [0, 0.05) is 24.4 Å². The average molecular weight is 363 g/mol. The van der Waals surface area contributed by atoms with Gasteiger partial charge in [-0.2, -0.15) is 5.10 Å². The van der Waals surface area contributed by atoms with Crippen LogP contribution in [-0.4, -0.2) is 28.8 Å². The number of aromatic nitrogens is 2. The van der Waals surface area contributed by atoms with E-state index in [1.807, 2.05) is 31.2 Å². The fourth-order valence-electron chi connectivity index (χ4n) is 3.46. The SMILES string of the molecule is CCn1nc(C(=O)NCC2COc3ccccc3C2)c2ccccc2c1=O. The van der Waals surface area contributed by atoms with Crippen LogP contribution in [0.25, 0.3) is 10.8 Å². The van der Waals surface area contributed by atoms with Gasteiger partial charge in [0.1, 0.15) is 5.75 Å². The molecule has 1 N–H and O–H groups in total. The molecule has 1 aromatic heterocycles. The molecule has 3 aromatic rings. The van der Waals surface area contributed by atoms with Crippen molar-refractivity contribution in [3.05, 3.63) is 70.1 Å². The summed E-state index contributed by atoms with van der Waals surface area (Å²) in [5.41, 5.74) is 1.26. The predicted molar refractivity (Wildman–Crippen MR) is 103 cm³/mol. The van der Waals surface area contributed by atoms with E-state index in [9.17, 15) is 9.59 Å². The molecule has 1 aliphatic heterocycles. The van der Waals surface area contributed by atoms with Gasteiger partial charge in [-0.1, -0.05) is 36.4 Å². The lowest BCUT2D eigenvalue weighted by Gasteiger charge is -2.25. The van der Waals surface area contributed by atoms with Gasteiger partial charge in [0.15, 0.2) is 5.69 Å². The third-order valence-corrected chi connectivity index (χ3v) is 4.89. The molecule has 0 radical (unpaired) electrons. The van der Waals surface area contributed by atoms with E-state index in [1.54, 1.807) is 18.2 Å². The van der Waals surface area contributed by atoms with E-state index in [1.165, 1.54) is 4.68 Å². The van der Waals surface area contributed by atoms with Gasteiger partial charge in [-0.05, 0) is 31.0 Å². The monoisotopic (exact) mass is 363 g/mol. The Labute approximate surface area is 156 Å². The standard InChI is InChI=1S/C21H21N3O3/c1-2-24-21(26)17-9-5-4-8-16(17)19(23-24)20(25)22-12-14-11-15-7-3-6-10-18(15)27-13-14/h3-10,14H,2,11-13H2,1H3,(H,22,25). The number of benzene rings is 2. The zero-order chi connectivity index (χ0) is 18.8. The van der Waals surface area contributed by atoms with Gasteiger partial charge in [-0.25, -0.2) is 4.68 Å². The van der Waals surface area contributed by atoms with E-state index in [2.05, 4.69) is 16.5 Å². The third-order valence-electron chi connectivity index (χ3n) is 4.89. The van der Waals surface area contributed by atoms with Crippen molar-refractivity contribution in [2.45, 2.75) is 19.9 Å². The normalized spacial score (nSPS) is 15.8. The van der Waals surface area contributed by atoms with Gasteiger partial charge in [0.2, 0.25) is 0 Å². The Balaban J connectivity index is 1.54. The Morgan fingerprint density at radius 2 is 1.93 bits per heavy atom. The summed E-state index contributed by atoms with van der Waals surface area (Å²) in [6.45, 7) is 3.31. The first kappa shape index (κ1) is 17.3. The van der Waals surface area contributed by atoms with E-state index >= 15 is 0 Å². The average Bonchev–Trinajstić information content (AvgIpc) is 2.72. The lowest BCUT2D eigenvalue weighted by Crippen LogP contribution is -2.36. The number of rotatable bonds is 4. The van der Waals surface area contributed by atoms with E-state index in [4.69, 9.17) is 4.74 Å². The maximum absolute atomic E-state index is 12.8. The minimum atomic E-state index is -0.271. The number of carbonyl (C=O) groups is 1. The number of nitrogens with zero attached hydrogens (tertiary/aromatic N) is 2. The number of hydrogen-bond acceptors (Lipinski definition) is 4. The number of amides is 1. The first-order chi connectivity index (χ1) is 13.2. The van der Waals surface area contributed by atoms with E-state index in [0.29, 0.717) is 30.5 Å². The molecule has 0 fully saturated rings. The molecule has 0 saturated carbocycles. The second kappa shape index (κ2) is 7.23. The molecule has 27 heavy (non-hydrogen) atoms. The van der Waals surface area contributed by atoms with Gasteiger partial charge in [0.05, 0.1) is 12.0 Å². The van der Waals surface area contributed by atoms with Crippen LogP contribution in [0.4, 0.5) is 0 Å². The molecule has 0 saturated heterocycles. The Bertz CT molecular complexity index is 1060. The van der Waals surface area contributed by atoms with Gasteiger partial charge in [-0.15, -0.1) is 0 Å². The third kappa shape index (κ3) is 3.30. The first-order valence-electron chi connectivity index (χ1n) is 9.16. The summed E-state index contributed by atoms with van der Waals surface area (Å²) in [5, 5.41) is 8.33. The molecule has 1 amide bonds. The number of aryl methyl sites for hydroxylation is 1. The minimum Gasteiger partial charge on any atom is -0.493 e. The van der Waals surface area contributed by atoms with Crippen molar-refractivity contribution in [3.8, 4) is 5.75 Å². The fraction of sp³-hybridized carbons (Fsp3) is 0.286. The highest BCUT2D eigenvalue weighted by Gasteiger charge is 2.22. The summed E-state index contributed by atoms with van der Waals surface area (Å²) in [7, 11) is 0. The molecule has 6 heteroatoms. The minimum absolute atomic E-state index is 0.179. The molecule has 138 valence electrons. The second-order valence-corrected chi connectivity index (χ2v) is 6.71. The summed E-state index contributed by atoms with van der Waals surface area (Å²) < 4.78 is 7.11. The van der Waals surface area contributed by atoms with E-state index in [-0.39, 0.29) is 23.1 Å². The molecule has 2 heterocycles. The van der Waals surface area contributed by atoms with Gasteiger partial charge in [-0.3, -0.25) is 9.59 Å². The molecular weight excluding hydrogens is 342 g/mol. The van der Waals surface area contributed by atoms with Crippen LogP contribution in [-0.2, 0) is 13.0 Å². The van der Waals surface area contributed by atoms with Crippen LogP contribution in [0.3, 0.4) is 0 Å². The van der Waals surface area contributed by atoms with Crippen molar-refractivity contribution in [2.75, 3.05) is 13.2 Å². The molecule has 6 nitrogen and oxygen atoms in total. The summed E-state index contributed by atoms with van der Waals surface area (Å²) in [6.07, 6.45) is 0.860. The highest BCUT2D eigenvalue weighted by molar-refractivity contribution is 6.04. The molecule has 2 aromatic carbocycles. The zero-order valence-corrected chi connectivity index (χ0v) is 15.1. The number of hydrogen-bond donors (Lipinski definition) is 1. The molecule has 0 bridgehead atoms. The van der Waals surface area contributed by atoms with Crippen LogP contribution in [0.1, 0.15) is 23.0 Å². The summed E-state index contributed by atoms with van der Waals surface area (Å²) >= 11 is 0. The van der Waals surface area contributed by atoms with Crippen molar-refractivity contribution in [1.29, 1.82) is 0 Å². The Morgan fingerprint density at radius 3 is 2.74 bits per heavy atom. The van der Waals surface area contributed by atoms with Crippen molar-refractivity contribution >= 4 is 16.7 Å². The number of para-hydroxylation sites is 1. The maximum atomic E-state index is 12.8. The smallest absolute Gasteiger partial charge is 0.274 e. The first-order valence-corrected chi connectivity index (χ1v) is 9.16. The molecule has 4 rings (SSSR count). The van der Waals surface area contributed by atoms with Crippen molar-refractivity contribution in [2.24, 2.45) is 5.92 Å². The largest absolute Gasteiger partial charge is 0.493 e. The molecule has 0 aliphatic carbocycles. The van der Waals surface area contributed by atoms with Gasteiger partial charge in [0.25, 0.3) is 11.5 Å². The number of fused-ring (bicyclic) bond motifs is 2. The van der Waals surface area contributed by atoms with Crippen molar-refractivity contribution < 1.29 is 9.53 Å². The lowest BCUT2D eigenvalue weighted by atomic mass is 9.96. The van der Waals surface area contributed by atoms with Crippen LogP contribution in [0, 0.1) is 5.92 Å². The van der Waals surface area contributed by atoms with E-state index in [0.717, 1.165) is 17.7 Å². The molecular formula is C21H21N3O3. The maximum Gasteiger partial charge on any atom is 0.274 e. The fourth-order valence-corrected chi connectivity index (χ4v) is 3.46. The summed E-state index contributed by atoms with van der Waals surface area (Å²) in [5.74, 6) is 0.849. The molecule has 0 spiro atoms. The van der Waals surface area contributed by atoms with Crippen molar-refractivity contribution in [1.82, 2.24) is 15.1 Å². The van der Waals surface area contributed by atoms with E-state index < -0.39 is 0 Å². The number of carbonyl (C=O) groups excluding carboxylic acids is 1. The lowest BCUT2D eigenvalue weighted by molar-refractivity contribution is 0.0933. The Morgan fingerprint density at radius 1 is 1.19 bits per heavy atom. The number of ether oxygens (including phenoxy) is 1. The Hall–Kier alpha value is -3.15. The highest BCUT2D eigenvalue weighted by atomic mass is 16.5. The van der Waals surface area contributed by atoms with Crippen LogP contribution < -0.4 is 15.6 Å². The van der Waals surface area contributed by atoms with Crippen LogP contribution in [0.15, 0.2) is 53.3 Å². The number of nitrogens with one attached hydrogen (secondary N) is 1. The predicted octanol–water partition coefficient (Wildman–Crippen LogP) is 2.40. The van der Waals surface area contributed by atoms with Gasteiger partial charge >= 0.3 is 0 Å². The second-order valence-electron chi connectivity index (χ2n) is 6.71. The molecule has 1 atom stereocenters. The summed E-state index contributed by atoms with van der Waals surface area (Å²) in [6, 6.07) is 15.1. The van der Waals surface area contributed by atoms with Crippen molar-refractivity contribution in [3.63, 3.8) is 0 Å². The van der Waals surface area contributed by atoms with Crippen LogP contribution in [0.2, 0.25) is 0 Å². The highest BCUT2D eigenvalue weighted by Crippen LogP contribution is 2.26. The Kier molecular flexibility index (Phi) is 4.62. The van der Waals surface area contributed by atoms with Gasteiger partial charge < -0.3 is 10.1 Å². The molecule has 1 aliphatic rings. The summed E-state index contributed by atoms with van der Waals surface area (Å²) in [4.78, 5) is 25.2. The van der Waals surface area contributed by atoms with Crippen LogP contribution in [0.5, 0.6) is 5.75 Å².